The summed E-state index contributed by atoms with van der Waals surface area (Å²) in [5, 5.41) is 3.25. The second-order valence-electron chi connectivity index (χ2n) is 4.27. The number of thiophene rings is 1. The van der Waals surface area contributed by atoms with Crippen LogP contribution in [-0.4, -0.2) is 30.9 Å². The molecule has 1 atom stereocenters. The fourth-order valence-corrected chi connectivity index (χ4v) is 2.54. The van der Waals surface area contributed by atoms with Gasteiger partial charge in [-0.05, 0) is 32.4 Å². The molecule has 1 heterocycles. The Kier molecular flexibility index (Phi) is 4.50. The summed E-state index contributed by atoms with van der Waals surface area (Å²) >= 11 is 1.80. The van der Waals surface area contributed by atoms with Crippen LogP contribution in [0, 0.1) is 13.8 Å². The van der Waals surface area contributed by atoms with E-state index in [4.69, 9.17) is 0 Å². The lowest BCUT2D eigenvalue weighted by molar-refractivity contribution is -0.130. The van der Waals surface area contributed by atoms with Crippen LogP contribution in [0.5, 0.6) is 0 Å². The molecule has 0 aliphatic heterocycles. The van der Waals surface area contributed by atoms with E-state index in [-0.39, 0.29) is 11.9 Å². The third-order valence-electron chi connectivity index (χ3n) is 2.55. The van der Waals surface area contributed by atoms with Gasteiger partial charge in [0, 0.05) is 30.4 Å². The molecule has 0 spiro atoms. The molecule has 1 amide bonds. The van der Waals surface area contributed by atoms with Gasteiger partial charge in [-0.3, -0.25) is 4.79 Å². The second-order valence-corrected chi connectivity index (χ2v) is 5.73. The Balaban J connectivity index is 2.52. The Hall–Kier alpha value is -0.870. The summed E-state index contributed by atoms with van der Waals surface area (Å²) in [6.07, 6.45) is 0. The number of nitrogens with one attached hydrogen (secondary N) is 1. The van der Waals surface area contributed by atoms with Crippen LogP contribution < -0.4 is 5.32 Å². The molecule has 0 aromatic carbocycles. The molecular weight excluding hydrogens is 220 g/mol. The van der Waals surface area contributed by atoms with Crippen LogP contribution in [0.25, 0.3) is 0 Å². The van der Waals surface area contributed by atoms with Crippen molar-refractivity contribution in [3.63, 3.8) is 0 Å². The highest BCUT2D eigenvalue weighted by Gasteiger charge is 2.14. The number of carbonyl (C=O) groups excluding carboxylic acids is 1. The average Bonchev–Trinajstić information content (AvgIpc) is 2.52. The maximum atomic E-state index is 11.6. The zero-order chi connectivity index (χ0) is 12.3. The Bertz CT molecular complexity index is 371. The zero-order valence-electron chi connectivity index (χ0n) is 10.6. The first-order valence-electron chi connectivity index (χ1n) is 5.42. The minimum Gasteiger partial charge on any atom is -0.347 e. The van der Waals surface area contributed by atoms with Gasteiger partial charge >= 0.3 is 0 Å². The monoisotopic (exact) mass is 240 g/mol. The van der Waals surface area contributed by atoms with Crippen molar-refractivity contribution < 1.29 is 4.79 Å². The van der Waals surface area contributed by atoms with Crippen molar-refractivity contribution >= 4 is 17.2 Å². The lowest BCUT2D eigenvalue weighted by Crippen LogP contribution is -2.41. The summed E-state index contributed by atoms with van der Waals surface area (Å²) < 4.78 is 0. The van der Waals surface area contributed by atoms with Crippen molar-refractivity contribution in [2.24, 2.45) is 0 Å². The summed E-state index contributed by atoms with van der Waals surface area (Å²) in [7, 11) is 3.56. The van der Waals surface area contributed by atoms with Gasteiger partial charge in [0.1, 0.15) is 0 Å². The number of rotatable bonds is 4. The molecule has 1 rings (SSSR count). The number of nitrogens with zero attached hydrogens (tertiary/aromatic N) is 1. The van der Waals surface area contributed by atoms with Crippen molar-refractivity contribution in [3.05, 3.63) is 21.4 Å². The van der Waals surface area contributed by atoms with Gasteiger partial charge < -0.3 is 10.2 Å². The van der Waals surface area contributed by atoms with Gasteiger partial charge in [0.25, 0.3) is 0 Å². The Morgan fingerprint density at radius 2 is 2.12 bits per heavy atom. The topological polar surface area (TPSA) is 32.3 Å². The molecule has 0 saturated heterocycles. The minimum atomic E-state index is -0.130. The first-order chi connectivity index (χ1) is 7.41. The molecule has 0 fully saturated rings. The van der Waals surface area contributed by atoms with E-state index in [1.54, 1.807) is 30.3 Å². The summed E-state index contributed by atoms with van der Waals surface area (Å²) in [6, 6.07) is 2.05. The third-order valence-corrected chi connectivity index (χ3v) is 3.56. The molecule has 90 valence electrons. The summed E-state index contributed by atoms with van der Waals surface area (Å²) in [5.41, 5.74) is 1.29. The van der Waals surface area contributed by atoms with E-state index < -0.39 is 0 Å². The van der Waals surface area contributed by atoms with E-state index in [9.17, 15) is 4.79 Å². The van der Waals surface area contributed by atoms with Crippen LogP contribution in [0.2, 0.25) is 0 Å². The molecule has 4 heteroatoms. The number of carbonyl (C=O) groups is 1. The Morgan fingerprint density at radius 1 is 1.50 bits per heavy atom. The molecule has 1 N–H and O–H groups in total. The molecule has 3 nitrogen and oxygen atoms in total. The van der Waals surface area contributed by atoms with E-state index in [2.05, 4.69) is 25.2 Å². The lowest BCUT2D eigenvalue weighted by Gasteiger charge is -2.17. The van der Waals surface area contributed by atoms with E-state index >= 15 is 0 Å². The molecule has 1 aromatic heterocycles. The van der Waals surface area contributed by atoms with Gasteiger partial charge in [0.2, 0.25) is 5.91 Å². The van der Waals surface area contributed by atoms with Gasteiger partial charge in [-0.15, -0.1) is 11.3 Å². The lowest BCUT2D eigenvalue weighted by atomic mass is 10.2. The number of hydrogen-bond acceptors (Lipinski definition) is 3. The van der Waals surface area contributed by atoms with Crippen molar-refractivity contribution in [2.75, 3.05) is 14.1 Å². The van der Waals surface area contributed by atoms with Gasteiger partial charge in [-0.25, -0.2) is 0 Å². The molecule has 0 radical (unpaired) electrons. The van der Waals surface area contributed by atoms with Crippen molar-refractivity contribution in [1.82, 2.24) is 10.2 Å². The van der Waals surface area contributed by atoms with Crippen molar-refractivity contribution in [2.45, 2.75) is 33.4 Å². The van der Waals surface area contributed by atoms with Crippen LogP contribution in [0.3, 0.4) is 0 Å². The van der Waals surface area contributed by atoms with Crippen molar-refractivity contribution in [1.29, 1.82) is 0 Å². The average molecular weight is 240 g/mol. The quantitative estimate of drug-likeness (QED) is 0.872. The number of hydrogen-bond donors (Lipinski definition) is 1. The van der Waals surface area contributed by atoms with Crippen LogP contribution in [0.1, 0.15) is 22.2 Å². The molecule has 1 aromatic rings. The number of amides is 1. The fraction of sp³-hybridized carbons (Fsp3) is 0.583. The SMILES string of the molecule is Cc1cc(CNC(C)C(=O)N(C)C)c(C)s1. The second kappa shape index (κ2) is 5.46. The van der Waals surface area contributed by atoms with Crippen LogP contribution in [-0.2, 0) is 11.3 Å². The van der Waals surface area contributed by atoms with Gasteiger partial charge in [0.15, 0.2) is 0 Å². The van der Waals surface area contributed by atoms with E-state index in [0.29, 0.717) is 0 Å². The summed E-state index contributed by atoms with van der Waals surface area (Å²) in [5.74, 6) is 0.115. The normalized spacial score (nSPS) is 12.6. The Morgan fingerprint density at radius 3 is 2.56 bits per heavy atom. The molecule has 16 heavy (non-hydrogen) atoms. The van der Waals surface area contributed by atoms with E-state index in [1.165, 1.54) is 15.3 Å². The fourth-order valence-electron chi connectivity index (χ4n) is 1.60. The maximum Gasteiger partial charge on any atom is 0.238 e. The van der Waals surface area contributed by atoms with Crippen LogP contribution in [0.4, 0.5) is 0 Å². The summed E-state index contributed by atoms with van der Waals surface area (Å²) in [6.45, 7) is 6.89. The Labute approximate surface area is 101 Å². The smallest absolute Gasteiger partial charge is 0.238 e. The number of likely N-dealkylation sites (N-methyl/N-ethyl adjacent to an activating group) is 1. The highest BCUT2D eigenvalue weighted by molar-refractivity contribution is 7.12. The minimum absolute atomic E-state index is 0.115. The van der Waals surface area contributed by atoms with Crippen molar-refractivity contribution in [3.8, 4) is 0 Å². The predicted molar refractivity (Wildman–Crippen MR) is 68.8 cm³/mol. The molecule has 1 unspecified atom stereocenters. The molecule has 0 aliphatic carbocycles. The van der Waals surface area contributed by atoms with Gasteiger partial charge in [0.05, 0.1) is 6.04 Å². The van der Waals surface area contributed by atoms with Crippen LogP contribution >= 0.6 is 11.3 Å². The summed E-state index contributed by atoms with van der Waals surface area (Å²) in [4.78, 5) is 15.9. The molecule has 0 bridgehead atoms. The highest BCUT2D eigenvalue weighted by Crippen LogP contribution is 2.20. The largest absolute Gasteiger partial charge is 0.347 e. The first-order valence-corrected chi connectivity index (χ1v) is 6.24. The van der Waals surface area contributed by atoms with E-state index in [0.717, 1.165) is 6.54 Å². The molecule has 0 aliphatic rings. The van der Waals surface area contributed by atoms with Crippen LogP contribution in [0.15, 0.2) is 6.07 Å². The van der Waals surface area contributed by atoms with Gasteiger partial charge in [-0.2, -0.15) is 0 Å². The maximum absolute atomic E-state index is 11.6. The first kappa shape index (κ1) is 13.2. The standard InChI is InChI=1S/C12H20N2OS/c1-8-6-11(10(3)16-8)7-13-9(2)12(15)14(4)5/h6,9,13H,7H2,1-5H3. The zero-order valence-corrected chi connectivity index (χ0v) is 11.4. The van der Waals surface area contributed by atoms with Gasteiger partial charge in [-0.1, -0.05) is 0 Å². The van der Waals surface area contributed by atoms with E-state index in [1.807, 2.05) is 6.92 Å². The number of aryl methyl sites for hydroxylation is 2. The molecular formula is C12H20N2OS. The highest BCUT2D eigenvalue weighted by atomic mass is 32.1. The molecule has 0 saturated carbocycles. The predicted octanol–water partition coefficient (Wildman–Crippen LogP) is 1.93. The third kappa shape index (κ3) is 3.32.